The summed E-state index contributed by atoms with van der Waals surface area (Å²) in [5.41, 5.74) is 3.94. The van der Waals surface area contributed by atoms with Crippen LogP contribution in [0.1, 0.15) is 22.8 Å². The second kappa shape index (κ2) is 12.6. The van der Waals surface area contributed by atoms with Gasteiger partial charge in [-0.3, -0.25) is 9.59 Å². The predicted molar refractivity (Wildman–Crippen MR) is 136 cm³/mol. The lowest BCUT2D eigenvalue weighted by molar-refractivity contribution is -0.118. The van der Waals surface area contributed by atoms with E-state index in [-0.39, 0.29) is 28.3 Å². The van der Waals surface area contributed by atoms with Gasteiger partial charge in [0.15, 0.2) is 23.9 Å². The second-order valence-electron chi connectivity index (χ2n) is 7.01. The Morgan fingerprint density at radius 3 is 2.34 bits per heavy atom. The Hall–Kier alpha value is -3.75. The summed E-state index contributed by atoms with van der Waals surface area (Å²) in [4.78, 5) is 24.5. The molecule has 0 atom stereocenters. The molecule has 0 spiro atoms. The van der Waals surface area contributed by atoms with Gasteiger partial charge in [0.05, 0.1) is 30.0 Å². The number of hydrogen-bond acceptors (Lipinski definition) is 6. The number of nitrogens with one attached hydrogen (secondary N) is 2. The average Bonchev–Trinajstić information content (AvgIpc) is 2.84. The van der Waals surface area contributed by atoms with Gasteiger partial charge >= 0.3 is 0 Å². The molecular formula is C25H23Cl2N3O5. The number of ether oxygens (including phenoxy) is 3. The van der Waals surface area contributed by atoms with Crippen molar-refractivity contribution in [3.05, 3.63) is 81.8 Å². The summed E-state index contributed by atoms with van der Waals surface area (Å²) in [6.07, 6.45) is 1.38. The highest BCUT2D eigenvalue weighted by molar-refractivity contribution is 6.37. The fraction of sp³-hybridized carbons (Fsp3) is 0.160. The molecule has 8 nitrogen and oxygen atoms in total. The molecule has 2 amide bonds. The summed E-state index contributed by atoms with van der Waals surface area (Å²) in [5.74, 6) is 0.347. The van der Waals surface area contributed by atoms with Gasteiger partial charge in [-0.2, -0.15) is 5.10 Å². The molecular weight excluding hydrogens is 493 g/mol. The molecule has 10 heteroatoms. The Labute approximate surface area is 212 Å². The van der Waals surface area contributed by atoms with Crippen LogP contribution in [0, 0.1) is 0 Å². The van der Waals surface area contributed by atoms with Gasteiger partial charge in [0.2, 0.25) is 0 Å². The topological polar surface area (TPSA) is 98.3 Å². The molecule has 0 radical (unpaired) electrons. The van der Waals surface area contributed by atoms with E-state index in [0.29, 0.717) is 34.9 Å². The van der Waals surface area contributed by atoms with E-state index in [0.717, 1.165) is 0 Å². The highest BCUT2D eigenvalue weighted by atomic mass is 35.5. The van der Waals surface area contributed by atoms with E-state index < -0.39 is 5.91 Å². The SMILES string of the molecule is CCOc1ccc(C(=O)N/N=C/c2cc(Cl)c(OCC(=O)Nc3ccccc3)c(Cl)c2)cc1OC. The zero-order chi connectivity index (χ0) is 25.2. The molecule has 182 valence electrons. The number of carbonyl (C=O) groups excluding carboxylic acids is 2. The number of rotatable bonds is 10. The van der Waals surface area contributed by atoms with Crippen LogP contribution in [0.15, 0.2) is 65.8 Å². The number of para-hydroxylation sites is 1. The molecule has 0 heterocycles. The van der Waals surface area contributed by atoms with Crippen LogP contribution in [0.4, 0.5) is 5.69 Å². The minimum Gasteiger partial charge on any atom is -0.493 e. The summed E-state index contributed by atoms with van der Waals surface area (Å²) >= 11 is 12.5. The van der Waals surface area contributed by atoms with Crippen molar-refractivity contribution in [2.45, 2.75) is 6.92 Å². The maximum atomic E-state index is 12.4. The molecule has 3 rings (SSSR count). The first-order chi connectivity index (χ1) is 16.9. The molecule has 0 aromatic heterocycles. The Balaban J connectivity index is 1.59. The molecule has 3 aromatic rings. The third kappa shape index (κ3) is 7.37. The molecule has 0 bridgehead atoms. The van der Waals surface area contributed by atoms with Crippen molar-refractivity contribution in [1.29, 1.82) is 0 Å². The van der Waals surface area contributed by atoms with E-state index >= 15 is 0 Å². The molecule has 0 fully saturated rings. The van der Waals surface area contributed by atoms with Crippen molar-refractivity contribution in [2.24, 2.45) is 5.10 Å². The highest BCUT2D eigenvalue weighted by Crippen LogP contribution is 2.34. The van der Waals surface area contributed by atoms with Crippen LogP contribution in [0.25, 0.3) is 0 Å². The van der Waals surface area contributed by atoms with Gasteiger partial charge in [0, 0.05) is 11.3 Å². The van der Waals surface area contributed by atoms with Crippen molar-refractivity contribution < 1.29 is 23.8 Å². The fourth-order valence-corrected chi connectivity index (χ4v) is 3.57. The molecule has 3 aromatic carbocycles. The first-order valence-corrected chi connectivity index (χ1v) is 11.3. The van der Waals surface area contributed by atoms with Crippen molar-refractivity contribution >= 4 is 46.9 Å². The van der Waals surface area contributed by atoms with Crippen LogP contribution < -0.4 is 25.0 Å². The zero-order valence-corrected chi connectivity index (χ0v) is 20.5. The number of carbonyl (C=O) groups is 2. The van der Waals surface area contributed by atoms with E-state index in [1.165, 1.54) is 13.3 Å². The zero-order valence-electron chi connectivity index (χ0n) is 19.0. The molecule has 0 aliphatic heterocycles. The molecule has 35 heavy (non-hydrogen) atoms. The van der Waals surface area contributed by atoms with Gasteiger partial charge in [-0.25, -0.2) is 5.43 Å². The molecule has 0 saturated heterocycles. The van der Waals surface area contributed by atoms with Crippen molar-refractivity contribution in [3.63, 3.8) is 0 Å². The number of anilines is 1. The largest absolute Gasteiger partial charge is 0.493 e. The van der Waals surface area contributed by atoms with Crippen LogP contribution in [0.5, 0.6) is 17.2 Å². The van der Waals surface area contributed by atoms with Crippen molar-refractivity contribution in [2.75, 3.05) is 25.6 Å². The Bertz CT molecular complexity index is 1200. The van der Waals surface area contributed by atoms with Gasteiger partial charge in [0.1, 0.15) is 0 Å². The average molecular weight is 516 g/mol. The van der Waals surface area contributed by atoms with E-state index in [4.69, 9.17) is 37.4 Å². The monoisotopic (exact) mass is 515 g/mol. The lowest BCUT2D eigenvalue weighted by Crippen LogP contribution is -2.20. The summed E-state index contributed by atoms with van der Waals surface area (Å²) in [7, 11) is 1.49. The number of benzene rings is 3. The van der Waals surface area contributed by atoms with Gasteiger partial charge in [-0.1, -0.05) is 41.4 Å². The molecule has 0 aliphatic rings. The number of methoxy groups -OCH3 is 1. The quantitative estimate of drug-likeness (QED) is 0.286. The van der Waals surface area contributed by atoms with E-state index in [9.17, 15) is 9.59 Å². The van der Waals surface area contributed by atoms with Gasteiger partial charge in [-0.15, -0.1) is 0 Å². The maximum absolute atomic E-state index is 12.4. The summed E-state index contributed by atoms with van der Waals surface area (Å²) in [6, 6.07) is 16.9. The molecule has 0 unspecified atom stereocenters. The van der Waals surface area contributed by atoms with Crippen LogP contribution in [0.2, 0.25) is 10.0 Å². The normalized spacial score (nSPS) is 10.6. The third-order valence-corrected chi connectivity index (χ3v) is 5.09. The van der Waals surface area contributed by atoms with Crippen LogP contribution in [0.3, 0.4) is 0 Å². The predicted octanol–water partition coefficient (Wildman–Crippen LogP) is 5.18. The summed E-state index contributed by atoms with van der Waals surface area (Å²) < 4.78 is 16.2. The summed E-state index contributed by atoms with van der Waals surface area (Å²) in [6.45, 7) is 2.06. The van der Waals surface area contributed by atoms with Gasteiger partial charge in [0.25, 0.3) is 11.8 Å². The van der Waals surface area contributed by atoms with E-state index in [2.05, 4.69) is 15.8 Å². The number of hydrogen-bond donors (Lipinski definition) is 2. The number of halogens is 2. The Morgan fingerprint density at radius 1 is 0.971 bits per heavy atom. The lowest BCUT2D eigenvalue weighted by Gasteiger charge is -2.11. The van der Waals surface area contributed by atoms with Gasteiger partial charge in [-0.05, 0) is 55.0 Å². The Kier molecular flexibility index (Phi) is 9.34. The lowest BCUT2D eigenvalue weighted by atomic mass is 10.2. The van der Waals surface area contributed by atoms with E-state index in [1.807, 2.05) is 25.1 Å². The Morgan fingerprint density at radius 2 is 1.69 bits per heavy atom. The number of hydrazone groups is 1. The van der Waals surface area contributed by atoms with Crippen LogP contribution in [-0.2, 0) is 4.79 Å². The first kappa shape index (κ1) is 25.9. The molecule has 2 N–H and O–H groups in total. The maximum Gasteiger partial charge on any atom is 0.271 e. The first-order valence-electron chi connectivity index (χ1n) is 10.5. The summed E-state index contributed by atoms with van der Waals surface area (Å²) in [5, 5.41) is 7.03. The minimum atomic E-state index is -0.441. The number of nitrogens with zero attached hydrogens (tertiary/aromatic N) is 1. The molecule has 0 aliphatic carbocycles. The second-order valence-corrected chi connectivity index (χ2v) is 7.83. The van der Waals surface area contributed by atoms with Crippen molar-refractivity contribution in [3.8, 4) is 17.2 Å². The standard InChI is InChI=1S/C25H23Cl2N3O5/c1-3-34-21-10-9-17(13-22(21)33-2)25(32)30-28-14-16-11-19(26)24(20(27)12-16)35-15-23(31)29-18-7-5-4-6-8-18/h4-14H,3,15H2,1-2H3,(H,29,31)(H,30,32)/b28-14+. The molecule has 0 saturated carbocycles. The fourth-order valence-electron chi connectivity index (χ4n) is 2.96. The van der Waals surface area contributed by atoms with Crippen LogP contribution in [-0.4, -0.2) is 38.4 Å². The number of amides is 2. The van der Waals surface area contributed by atoms with Crippen molar-refractivity contribution in [1.82, 2.24) is 5.43 Å². The van der Waals surface area contributed by atoms with Crippen LogP contribution >= 0.6 is 23.2 Å². The highest BCUT2D eigenvalue weighted by Gasteiger charge is 2.13. The minimum absolute atomic E-state index is 0.166. The smallest absolute Gasteiger partial charge is 0.271 e. The van der Waals surface area contributed by atoms with E-state index in [1.54, 1.807) is 42.5 Å². The third-order valence-electron chi connectivity index (χ3n) is 4.53. The van der Waals surface area contributed by atoms with Gasteiger partial charge < -0.3 is 19.5 Å².